The van der Waals surface area contributed by atoms with Crippen LogP contribution in [0, 0.1) is 0 Å². The summed E-state index contributed by atoms with van der Waals surface area (Å²) in [5.74, 6) is 1.05. The first-order valence-corrected chi connectivity index (χ1v) is 14.1. The van der Waals surface area contributed by atoms with Gasteiger partial charge >= 0.3 is 0 Å². The summed E-state index contributed by atoms with van der Waals surface area (Å²) >= 11 is 2.22. The highest BCUT2D eigenvalue weighted by Crippen LogP contribution is 2.33. The summed E-state index contributed by atoms with van der Waals surface area (Å²) in [4.78, 5) is 28.5. The Balaban J connectivity index is 1.65. The Labute approximate surface area is 210 Å². The van der Waals surface area contributed by atoms with Crippen molar-refractivity contribution in [2.45, 2.75) is 6.92 Å². The van der Waals surface area contributed by atoms with E-state index in [0.717, 1.165) is 48.6 Å². The zero-order valence-electron chi connectivity index (χ0n) is 19.2. The zero-order valence-corrected chi connectivity index (χ0v) is 22.2. The van der Waals surface area contributed by atoms with Gasteiger partial charge in [-0.1, -0.05) is 0 Å². The molecule has 0 saturated carbocycles. The van der Waals surface area contributed by atoms with E-state index in [-0.39, 0.29) is 5.91 Å². The molecule has 1 aliphatic heterocycles. The summed E-state index contributed by atoms with van der Waals surface area (Å²) in [6, 6.07) is 7.66. The smallest absolute Gasteiger partial charge is 0.254 e. The van der Waals surface area contributed by atoms with Crippen LogP contribution in [0.2, 0.25) is 0 Å². The summed E-state index contributed by atoms with van der Waals surface area (Å²) in [5.41, 5.74) is 3.16. The van der Waals surface area contributed by atoms with Gasteiger partial charge in [0.15, 0.2) is 5.65 Å². The molecule has 3 aromatic rings. The van der Waals surface area contributed by atoms with Crippen molar-refractivity contribution >= 4 is 64.6 Å². The lowest BCUT2D eigenvalue weighted by molar-refractivity contribution is 0.0664. The maximum Gasteiger partial charge on any atom is 0.254 e. The molecule has 4 rings (SSSR count). The topological polar surface area (TPSA) is 78.8 Å². The van der Waals surface area contributed by atoms with Crippen LogP contribution >= 0.6 is 30.3 Å². The number of anilines is 3. The fourth-order valence-corrected chi connectivity index (χ4v) is 5.04. The second kappa shape index (κ2) is 10.3. The molecule has 1 amide bonds. The Bertz CT molecular complexity index is 1150. The van der Waals surface area contributed by atoms with E-state index in [1.165, 1.54) is 9.12 Å². The fraction of sp³-hybridized carbons (Fsp3) is 0.409. The van der Waals surface area contributed by atoms with Crippen LogP contribution < -0.4 is 15.0 Å². The number of likely N-dealkylation sites (N-methyl/N-ethyl adjacent to an activating group) is 1. The molecular weight excluding hydrogens is 553 g/mol. The molecule has 0 radical (unpaired) electrons. The number of halogens is 1. The third kappa shape index (κ3) is 5.14. The highest BCUT2D eigenvalue weighted by atomic mass is 127. The number of carbonyl (C=O) groups excluding carboxylic acids is 1. The van der Waals surface area contributed by atoms with Gasteiger partial charge in [0.1, 0.15) is 0 Å². The molecule has 3 heterocycles. The highest BCUT2D eigenvalue weighted by Gasteiger charge is 2.22. The number of piperazine rings is 1. The van der Waals surface area contributed by atoms with E-state index in [1.807, 2.05) is 65.3 Å². The molecule has 33 heavy (non-hydrogen) atoms. The van der Waals surface area contributed by atoms with E-state index in [4.69, 9.17) is 9.72 Å². The summed E-state index contributed by atoms with van der Waals surface area (Å²) < 4.78 is 7.75. The maximum atomic E-state index is 13.1. The molecule has 1 N–H and O–H groups in total. The molecule has 9 nitrogen and oxygen atoms in total. The Kier molecular flexibility index (Phi) is 7.49. The van der Waals surface area contributed by atoms with E-state index in [1.54, 1.807) is 0 Å². The number of amides is 1. The number of hydrogen-bond acceptors (Lipinski definition) is 8. The van der Waals surface area contributed by atoms with Crippen molar-refractivity contribution < 1.29 is 9.53 Å². The van der Waals surface area contributed by atoms with Crippen LogP contribution in [0.5, 0.6) is 5.88 Å². The summed E-state index contributed by atoms with van der Waals surface area (Å²) in [6.07, 6.45) is 1.95. The van der Waals surface area contributed by atoms with Gasteiger partial charge in [0.05, 0.1) is 23.4 Å². The van der Waals surface area contributed by atoms with Crippen molar-refractivity contribution in [1.82, 2.24) is 23.7 Å². The Morgan fingerprint density at radius 1 is 1.21 bits per heavy atom. The molecule has 0 spiro atoms. The minimum atomic E-state index is 0.0611. The fourth-order valence-electron chi connectivity index (χ4n) is 3.78. The van der Waals surface area contributed by atoms with Gasteiger partial charge in [0.2, 0.25) is 11.8 Å². The van der Waals surface area contributed by atoms with Gasteiger partial charge in [-0.05, 0) is 38.2 Å². The van der Waals surface area contributed by atoms with E-state index in [0.29, 0.717) is 24.0 Å². The highest BCUT2D eigenvalue weighted by molar-refractivity contribution is 14.2. The average molecular weight is 581 g/mol. The Morgan fingerprint density at radius 3 is 2.64 bits per heavy atom. The second-order valence-corrected chi connectivity index (χ2v) is 9.79. The van der Waals surface area contributed by atoms with Crippen molar-refractivity contribution in [3.05, 3.63) is 36.0 Å². The molecule has 1 saturated heterocycles. The van der Waals surface area contributed by atoms with E-state index in [9.17, 15) is 4.79 Å². The monoisotopic (exact) mass is 581 g/mol. The molecule has 11 heteroatoms. The van der Waals surface area contributed by atoms with Gasteiger partial charge in [0.25, 0.3) is 5.91 Å². The van der Waals surface area contributed by atoms with Crippen LogP contribution in [0.1, 0.15) is 17.3 Å². The van der Waals surface area contributed by atoms with Crippen molar-refractivity contribution in [2.75, 3.05) is 64.1 Å². The Hall–Kier alpha value is -2.25. The number of carbonyl (C=O) groups is 1. The summed E-state index contributed by atoms with van der Waals surface area (Å²) in [5, 5.41) is 4.20. The van der Waals surface area contributed by atoms with Gasteiger partial charge in [-0.15, -0.1) is 0 Å². The number of ether oxygens (including phenoxy) is 1. The minimum Gasteiger partial charge on any atom is -0.477 e. The van der Waals surface area contributed by atoms with Crippen LogP contribution in [0.4, 0.5) is 17.3 Å². The quantitative estimate of drug-likeness (QED) is 0.422. The van der Waals surface area contributed by atoms with Crippen LogP contribution in [-0.4, -0.2) is 83.6 Å². The normalized spacial score (nSPS) is 14.5. The van der Waals surface area contributed by atoms with Crippen molar-refractivity contribution in [3.63, 3.8) is 0 Å². The van der Waals surface area contributed by atoms with Gasteiger partial charge < -0.3 is 24.8 Å². The van der Waals surface area contributed by atoms with Gasteiger partial charge in [-0.25, -0.2) is 0 Å². The number of aromatic nitrogens is 3. The number of hydrogen-bond donors (Lipinski definition) is 1. The van der Waals surface area contributed by atoms with Gasteiger partial charge in [-0.3, -0.25) is 8.77 Å². The molecule has 1 aromatic carbocycles. The lowest BCUT2D eigenvalue weighted by Crippen LogP contribution is -2.47. The van der Waals surface area contributed by atoms with E-state index in [2.05, 4.69) is 43.5 Å². The second-order valence-electron chi connectivity index (χ2n) is 8.08. The number of benzene rings is 1. The van der Waals surface area contributed by atoms with E-state index < -0.39 is 0 Å². The zero-order chi connectivity index (χ0) is 23.5. The molecule has 1 fully saturated rings. The van der Waals surface area contributed by atoms with Crippen molar-refractivity contribution in [3.8, 4) is 5.88 Å². The molecule has 0 bridgehead atoms. The molecular formula is C22H28IN7O2S. The van der Waals surface area contributed by atoms with Crippen LogP contribution in [-0.2, 0) is 0 Å². The first-order chi connectivity index (χ1) is 15.9. The third-order valence-electron chi connectivity index (χ3n) is 5.59. The van der Waals surface area contributed by atoms with Gasteiger partial charge in [0, 0.05) is 82.4 Å². The van der Waals surface area contributed by atoms with Gasteiger partial charge in [-0.2, -0.15) is 9.97 Å². The van der Waals surface area contributed by atoms with Crippen LogP contribution in [0.15, 0.2) is 30.5 Å². The molecule has 1 aliphatic rings. The molecule has 2 aromatic heterocycles. The number of rotatable bonds is 7. The van der Waals surface area contributed by atoms with Crippen LogP contribution in [0.3, 0.4) is 0 Å². The van der Waals surface area contributed by atoms with Crippen molar-refractivity contribution in [1.29, 1.82) is 0 Å². The number of nitrogens with one attached hydrogen (secondary N) is 1. The molecule has 0 atom stereocenters. The van der Waals surface area contributed by atoms with E-state index >= 15 is 0 Å². The first kappa shape index (κ1) is 23.9. The predicted molar refractivity (Wildman–Crippen MR) is 143 cm³/mol. The standard InChI is InChI=1S/C22H28IN7O2S/c1-5-32-20-16-8-9-30(33-23)19(16)25-22(26-20)24-17-7-6-15(14-18(17)27(2)3)21(31)29-12-10-28(4)11-13-29/h6-9,14H,5,10-13H2,1-4H3,(H,24,25,26). The first-order valence-electron chi connectivity index (χ1n) is 10.8. The molecule has 176 valence electrons. The van der Waals surface area contributed by atoms with Crippen molar-refractivity contribution in [2.24, 2.45) is 0 Å². The number of fused-ring (bicyclic) bond motifs is 1. The Morgan fingerprint density at radius 2 is 1.97 bits per heavy atom. The minimum absolute atomic E-state index is 0.0611. The lowest BCUT2D eigenvalue weighted by atomic mass is 10.1. The predicted octanol–water partition coefficient (Wildman–Crippen LogP) is 3.87. The van der Waals surface area contributed by atoms with Crippen LogP contribution in [0.25, 0.3) is 11.0 Å². The summed E-state index contributed by atoms with van der Waals surface area (Å²) in [6.45, 7) is 5.73. The molecule has 0 unspecified atom stereocenters. The summed E-state index contributed by atoms with van der Waals surface area (Å²) in [7, 11) is 7.53. The average Bonchev–Trinajstić information content (AvgIpc) is 3.23. The maximum absolute atomic E-state index is 13.1. The number of nitrogens with zero attached hydrogens (tertiary/aromatic N) is 6. The molecule has 0 aliphatic carbocycles. The lowest BCUT2D eigenvalue weighted by Gasteiger charge is -2.32. The third-order valence-corrected chi connectivity index (χ3v) is 7.31. The largest absolute Gasteiger partial charge is 0.477 e. The SMILES string of the molecule is CCOc1nc(Nc2ccc(C(=O)N3CCN(C)CC3)cc2N(C)C)nc2c1ccn2SI.